The van der Waals surface area contributed by atoms with Gasteiger partial charge in [-0.25, -0.2) is 0 Å². The fraction of sp³-hybridized carbons (Fsp3) is 0.273. The molecule has 0 radical (unpaired) electrons. The maximum absolute atomic E-state index is 2.64. The molecule has 0 atom stereocenters. The van der Waals surface area contributed by atoms with Gasteiger partial charge in [-0.1, -0.05) is 117 Å². The van der Waals surface area contributed by atoms with Gasteiger partial charge in [0.15, 0.2) is 0 Å². The lowest BCUT2D eigenvalue weighted by atomic mass is 9.33. The third kappa shape index (κ3) is 2.41. The molecule has 0 unspecified atom stereocenters. The van der Waals surface area contributed by atoms with Gasteiger partial charge in [0.05, 0.1) is 5.69 Å². The highest BCUT2D eigenvalue weighted by molar-refractivity contribution is 6.98. The molecule has 3 aliphatic heterocycles. The van der Waals surface area contributed by atoms with Gasteiger partial charge in [0.25, 0.3) is 0 Å². The van der Waals surface area contributed by atoms with E-state index in [4.69, 9.17) is 0 Å². The SMILES string of the molecule is Cc1cc(C)c(B2c3cccc4c3N3c5c2cccc5C(C)(C)c2cccc(c23)C4(C)C)c(C)c1. The second kappa shape index (κ2) is 6.49. The van der Waals surface area contributed by atoms with Gasteiger partial charge in [-0.2, -0.15) is 0 Å². The molecular weight excluding hydrogens is 421 g/mol. The van der Waals surface area contributed by atoms with Crippen molar-refractivity contribution in [3.63, 3.8) is 0 Å². The van der Waals surface area contributed by atoms with E-state index >= 15 is 0 Å². The highest BCUT2D eigenvalue weighted by Gasteiger charge is 2.50. The zero-order valence-electron chi connectivity index (χ0n) is 21.9. The lowest BCUT2D eigenvalue weighted by Gasteiger charge is -2.53. The molecule has 0 amide bonds. The predicted octanol–water partition coefficient (Wildman–Crippen LogP) is 6.19. The maximum atomic E-state index is 2.64. The Morgan fingerprint density at radius 2 is 0.971 bits per heavy atom. The van der Waals surface area contributed by atoms with Crippen molar-refractivity contribution in [3.8, 4) is 0 Å². The molecule has 0 N–H and O–H groups in total. The normalized spacial score (nSPS) is 17.3. The van der Waals surface area contributed by atoms with Crippen LogP contribution in [0.15, 0.2) is 66.7 Å². The van der Waals surface area contributed by atoms with E-state index in [1.54, 1.807) is 0 Å². The number of hydrogen-bond donors (Lipinski definition) is 0. The predicted molar refractivity (Wildman–Crippen MR) is 151 cm³/mol. The molecule has 3 heterocycles. The van der Waals surface area contributed by atoms with Crippen molar-refractivity contribution in [2.75, 3.05) is 4.90 Å². The first-order chi connectivity index (χ1) is 16.6. The van der Waals surface area contributed by atoms with Gasteiger partial charge in [0.2, 0.25) is 6.71 Å². The first-order valence-corrected chi connectivity index (χ1v) is 12.9. The van der Waals surface area contributed by atoms with Crippen LogP contribution in [0.4, 0.5) is 17.1 Å². The van der Waals surface area contributed by atoms with Gasteiger partial charge in [0, 0.05) is 22.2 Å². The summed E-state index contributed by atoms with van der Waals surface area (Å²) in [7, 11) is 0. The molecule has 2 heteroatoms. The molecule has 0 saturated heterocycles. The van der Waals surface area contributed by atoms with Crippen LogP contribution in [-0.4, -0.2) is 6.71 Å². The van der Waals surface area contributed by atoms with E-state index in [-0.39, 0.29) is 17.5 Å². The molecule has 172 valence electrons. The average molecular weight is 453 g/mol. The summed E-state index contributed by atoms with van der Waals surface area (Å²) in [5.41, 5.74) is 18.3. The number of aryl methyl sites for hydroxylation is 3. The fourth-order valence-corrected chi connectivity index (χ4v) is 7.64. The van der Waals surface area contributed by atoms with E-state index in [1.165, 1.54) is 72.4 Å². The van der Waals surface area contributed by atoms with Crippen LogP contribution in [0.2, 0.25) is 0 Å². The molecular formula is C33H32BN. The van der Waals surface area contributed by atoms with Gasteiger partial charge in [-0.3, -0.25) is 0 Å². The quantitative estimate of drug-likeness (QED) is 0.274. The summed E-state index contributed by atoms with van der Waals surface area (Å²) in [6, 6.07) is 25.8. The number of anilines is 3. The minimum atomic E-state index is -0.0605. The van der Waals surface area contributed by atoms with Crippen molar-refractivity contribution in [2.24, 2.45) is 0 Å². The van der Waals surface area contributed by atoms with E-state index in [2.05, 4.69) is 120 Å². The Balaban J connectivity index is 1.68. The number of hydrogen-bond acceptors (Lipinski definition) is 1. The summed E-state index contributed by atoms with van der Waals surface area (Å²) in [5, 5.41) is 0. The number of rotatable bonds is 1. The van der Waals surface area contributed by atoms with Crippen LogP contribution in [0.1, 0.15) is 66.6 Å². The van der Waals surface area contributed by atoms with Crippen molar-refractivity contribution in [3.05, 3.63) is 106 Å². The highest BCUT2D eigenvalue weighted by Crippen LogP contribution is 2.59. The summed E-state index contributed by atoms with van der Waals surface area (Å²) < 4.78 is 0. The van der Waals surface area contributed by atoms with E-state index in [9.17, 15) is 0 Å². The Labute approximate surface area is 209 Å². The van der Waals surface area contributed by atoms with Crippen LogP contribution in [0.25, 0.3) is 0 Å². The minimum absolute atomic E-state index is 0.0605. The second-order valence-corrected chi connectivity index (χ2v) is 12.0. The number of benzene rings is 4. The first kappa shape index (κ1) is 21.1. The van der Waals surface area contributed by atoms with Crippen LogP contribution < -0.4 is 21.3 Å². The van der Waals surface area contributed by atoms with Crippen LogP contribution in [-0.2, 0) is 10.8 Å². The maximum Gasteiger partial charge on any atom is 0.247 e. The molecule has 7 rings (SSSR count). The Morgan fingerprint density at radius 3 is 1.43 bits per heavy atom. The molecule has 0 aliphatic carbocycles. The number of para-hydroxylation sites is 3. The molecule has 4 aromatic carbocycles. The van der Waals surface area contributed by atoms with Crippen LogP contribution in [0, 0.1) is 20.8 Å². The lowest BCUT2D eigenvalue weighted by molar-refractivity contribution is 0.598. The Bertz CT molecular complexity index is 1480. The highest BCUT2D eigenvalue weighted by atomic mass is 15.2. The standard InChI is InChI=1S/C33H32BN/c1-19-17-20(2)28(21(3)18-19)34-26-15-9-13-24-30(26)35-29-22(32(24,4)5)11-8-12-23(29)33(6,7)25-14-10-16-27(34)31(25)35/h8-18H,1-7H3. The van der Waals surface area contributed by atoms with E-state index < -0.39 is 0 Å². The Hall–Kier alpha value is -3.26. The van der Waals surface area contributed by atoms with Gasteiger partial charge in [0.1, 0.15) is 0 Å². The van der Waals surface area contributed by atoms with Gasteiger partial charge in [-0.15, -0.1) is 0 Å². The topological polar surface area (TPSA) is 3.24 Å². The summed E-state index contributed by atoms with van der Waals surface area (Å²) in [6.07, 6.45) is 0. The summed E-state index contributed by atoms with van der Waals surface area (Å²) in [4.78, 5) is 2.64. The first-order valence-electron chi connectivity index (χ1n) is 12.9. The van der Waals surface area contributed by atoms with Crippen molar-refractivity contribution >= 4 is 40.2 Å². The summed E-state index contributed by atoms with van der Waals surface area (Å²) in [5.74, 6) is 0. The molecule has 1 nitrogen and oxygen atoms in total. The minimum Gasteiger partial charge on any atom is -0.310 e. The molecule has 0 spiro atoms. The molecule has 4 aromatic rings. The van der Waals surface area contributed by atoms with Crippen molar-refractivity contribution in [2.45, 2.75) is 59.3 Å². The third-order valence-electron chi connectivity index (χ3n) is 9.18. The Kier molecular flexibility index (Phi) is 3.91. The van der Waals surface area contributed by atoms with Crippen LogP contribution in [0.3, 0.4) is 0 Å². The van der Waals surface area contributed by atoms with E-state index in [1.807, 2.05) is 0 Å². The average Bonchev–Trinajstić information content (AvgIpc) is 2.81. The Morgan fingerprint density at radius 1 is 0.571 bits per heavy atom. The molecule has 0 aromatic heterocycles. The lowest BCUT2D eigenvalue weighted by Crippen LogP contribution is -2.61. The van der Waals surface area contributed by atoms with E-state index in [0.717, 1.165) is 0 Å². The monoisotopic (exact) mass is 453 g/mol. The second-order valence-electron chi connectivity index (χ2n) is 12.0. The summed E-state index contributed by atoms with van der Waals surface area (Å²) >= 11 is 0. The fourth-order valence-electron chi connectivity index (χ4n) is 7.64. The third-order valence-corrected chi connectivity index (χ3v) is 9.18. The van der Waals surface area contributed by atoms with Gasteiger partial charge >= 0.3 is 0 Å². The van der Waals surface area contributed by atoms with E-state index in [0.29, 0.717) is 0 Å². The van der Waals surface area contributed by atoms with Gasteiger partial charge < -0.3 is 4.90 Å². The van der Waals surface area contributed by atoms with Crippen molar-refractivity contribution < 1.29 is 0 Å². The van der Waals surface area contributed by atoms with Crippen molar-refractivity contribution in [1.82, 2.24) is 0 Å². The molecule has 35 heavy (non-hydrogen) atoms. The largest absolute Gasteiger partial charge is 0.310 e. The van der Waals surface area contributed by atoms with Crippen LogP contribution >= 0.6 is 0 Å². The zero-order chi connectivity index (χ0) is 24.4. The zero-order valence-corrected chi connectivity index (χ0v) is 21.9. The molecule has 0 fully saturated rings. The molecule has 0 saturated carbocycles. The van der Waals surface area contributed by atoms with Gasteiger partial charge in [-0.05, 0) is 54.0 Å². The van der Waals surface area contributed by atoms with Crippen LogP contribution in [0.5, 0.6) is 0 Å². The molecule has 3 aliphatic rings. The molecule has 0 bridgehead atoms. The summed E-state index contributed by atoms with van der Waals surface area (Å²) in [6.45, 7) is 16.7. The number of nitrogens with zero attached hydrogens (tertiary/aromatic N) is 1. The smallest absolute Gasteiger partial charge is 0.247 e. The van der Waals surface area contributed by atoms with Crippen molar-refractivity contribution in [1.29, 1.82) is 0 Å².